The molecule has 1 heterocycles. The number of fused-ring (bicyclic) bond motifs is 1. The van der Waals surface area contributed by atoms with Gasteiger partial charge in [-0.1, -0.05) is 36.4 Å². The molecule has 2 N–H and O–H groups in total. The van der Waals surface area contributed by atoms with Gasteiger partial charge in [0, 0.05) is 6.92 Å². The summed E-state index contributed by atoms with van der Waals surface area (Å²) in [7, 11) is 0. The minimum absolute atomic E-state index is 0.135. The van der Waals surface area contributed by atoms with Gasteiger partial charge in [0.1, 0.15) is 6.10 Å². The highest BCUT2D eigenvalue weighted by molar-refractivity contribution is 5.72. The predicted molar refractivity (Wildman–Crippen MR) is 101 cm³/mol. The van der Waals surface area contributed by atoms with Crippen LogP contribution in [-0.2, 0) is 24.2 Å². The zero-order valence-electron chi connectivity index (χ0n) is 15.2. The fourth-order valence-electron chi connectivity index (χ4n) is 3.48. The van der Waals surface area contributed by atoms with Crippen molar-refractivity contribution in [3.05, 3.63) is 76.9 Å². The number of aliphatic hydroxyl groups is 1. The van der Waals surface area contributed by atoms with Crippen LogP contribution in [-0.4, -0.2) is 25.8 Å². The molecule has 1 aliphatic carbocycles. The molecule has 0 saturated carbocycles. The summed E-state index contributed by atoms with van der Waals surface area (Å²) in [5, 5.41) is 18.0. The van der Waals surface area contributed by atoms with Gasteiger partial charge in [0.25, 0.3) is 0 Å². The second-order valence-corrected chi connectivity index (χ2v) is 6.83. The summed E-state index contributed by atoms with van der Waals surface area (Å²) < 4.78 is 1.72. The Morgan fingerprint density at radius 3 is 2.74 bits per heavy atom. The summed E-state index contributed by atoms with van der Waals surface area (Å²) >= 11 is 0. The maximum Gasteiger partial charge on any atom is 0.217 e. The summed E-state index contributed by atoms with van der Waals surface area (Å²) in [6.07, 6.45) is 2.44. The van der Waals surface area contributed by atoms with Gasteiger partial charge < -0.3 is 10.4 Å². The summed E-state index contributed by atoms with van der Waals surface area (Å²) in [5.41, 5.74) is 4.34. The third-order valence-electron chi connectivity index (χ3n) is 4.87. The molecule has 27 heavy (non-hydrogen) atoms. The number of hydrogen-bond donors (Lipinski definition) is 2. The summed E-state index contributed by atoms with van der Waals surface area (Å²) in [4.78, 5) is 15.9. The van der Waals surface area contributed by atoms with Crippen LogP contribution in [0.5, 0.6) is 0 Å². The highest BCUT2D eigenvalue weighted by atomic mass is 16.3. The van der Waals surface area contributed by atoms with Crippen LogP contribution in [0.15, 0.2) is 48.5 Å². The molecule has 0 saturated heterocycles. The lowest BCUT2D eigenvalue weighted by Crippen LogP contribution is -2.21. The van der Waals surface area contributed by atoms with Crippen molar-refractivity contribution >= 4 is 5.91 Å². The van der Waals surface area contributed by atoms with Gasteiger partial charge in [-0.3, -0.25) is 4.79 Å². The van der Waals surface area contributed by atoms with Crippen LogP contribution in [0.2, 0.25) is 0 Å². The van der Waals surface area contributed by atoms with Crippen LogP contribution in [0, 0.1) is 0 Å². The molecule has 2 aromatic carbocycles. The first-order valence-corrected chi connectivity index (χ1v) is 9.17. The second kappa shape index (κ2) is 7.32. The van der Waals surface area contributed by atoms with E-state index in [1.165, 1.54) is 24.5 Å². The van der Waals surface area contributed by atoms with Crippen molar-refractivity contribution in [2.24, 2.45) is 0 Å². The van der Waals surface area contributed by atoms with Crippen molar-refractivity contribution in [2.45, 2.75) is 38.8 Å². The lowest BCUT2D eigenvalue weighted by Gasteiger charge is -2.08. The zero-order valence-corrected chi connectivity index (χ0v) is 15.2. The highest BCUT2D eigenvalue weighted by Gasteiger charge is 2.20. The predicted octanol–water partition coefficient (Wildman–Crippen LogP) is 2.47. The molecule has 4 rings (SSSR count). The number of rotatable bonds is 5. The molecular weight excluding hydrogens is 340 g/mol. The van der Waals surface area contributed by atoms with Crippen LogP contribution in [0.4, 0.5) is 0 Å². The van der Waals surface area contributed by atoms with Crippen LogP contribution >= 0.6 is 0 Å². The van der Waals surface area contributed by atoms with Crippen LogP contribution in [0.3, 0.4) is 0 Å². The largest absolute Gasteiger partial charge is 0.380 e. The van der Waals surface area contributed by atoms with Crippen LogP contribution < -0.4 is 5.32 Å². The van der Waals surface area contributed by atoms with E-state index in [0.29, 0.717) is 11.6 Å². The molecule has 1 aromatic heterocycles. The quantitative estimate of drug-likeness (QED) is 0.731. The maximum atomic E-state index is 11.4. The zero-order chi connectivity index (χ0) is 18.8. The molecule has 3 aromatic rings. The van der Waals surface area contributed by atoms with Gasteiger partial charge in [0.15, 0.2) is 11.6 Å². The van der Waals surface area contributed by atoms with E-state index in [1.54, 1.807) is 4.68 Å². The van der Waals surface area contributed by atoms with Crippen molar-refractivity contribution in [1.82, 2.24) is 20.1 Å². The van der Waals surface area contributed by atoms with Gasteiger partial charge in [-0.25, -0.2) is 9.67 Å². The number of benzene rings is 2. The maximum absolute atomic E-state index is 11.4. The van der Waals surface area contributed by atoms with Crippen molar-refractivity contribution in [2.75, 3.05) is 0 Å². The first kappa shape index (κ1) is 17.4. The molecule has 0 fully saturated rings. The normalized spacial score (nSPS) is 14.0. The first-order chi connectivity index (χ1) is 13.1. The molecule has 0 radical (unpaired) electrons. The summed E-state index contributed by atoms with van der Waals surface area (Å²) in [6.45, 7) is 1.72. The Kier molecular flexibility index (Phi) is 4.73. The van der Waals surface area contributed by atoms with Gasteiger partial charge in [-0.15, -0.1) is 5.10 Å². The van der Waals surface area contributed by atoms with E-state index in [2.05, 4.69) is 27.5 Å². The van der Waals surface area contributed by atoms with Gasteiger partial charge in [0.05, 0.1) is 12.2 Å². The molecule has 1 aliphatic rings. The Hall–Kier alpha value is -2.99. The molecule has 6 heteroatoms. The topological polar surface area (TPSA) is 80.0 Å². The molecule has 0 bridgehead atoms. The lowest BCUT2D eigenvalue weighted by molar-refractivity contribution is -0.119. The number of aromatic nitrogens is 3. The molecule has 138 valence electrons. The van der Waals surface area contributed by atoms with E-state index in [1.807, 2.05) is 36.4 Å². The average Bonchev–Trinajstić information content (AvgIpc) is 3.32. The molecule has 1 atom stereocenters. The van der Waals surface area contributed by atoms with Crippen molar-refractivity contribution in [1.29, 1.82) is 0 Å². The number of carbonyl (C=O) groups is 1. The van der Waals surface area contributed by atoms with E-state index in [0.717, 1.165) is 24.1 Å². The average molecular weight is 362 g/mol. The number of nitrogens with one attached hydrogen (secondary N) is 1. The van der Waals surface area contributed by atoms with E-state index in [4.69, 9.17) is 0 Å². The Morgan fingerprint density at radius 1 is 1.19 bits per heavy atom. The van der Waals surface area contributed by atoms with Crippen LogP contribution in [0.1, 0.15) is 47.8 Å². The number of aryl methyl sites for hydroxylation is 2. The second-order valence-electron chi connectivity index (χ2n) is 6.83. The van der Waals surface area contributed by atoms with Crippen molar-refractivity contribution in [3.8, 4) is 5.69 Å². The summed E-state index contributed by atoms with van der Waals surface area (Å²) in [5.74, 6) is 0.777. The van der Waals surface area contributed by atoms with Gasteiger partial charge in [0.2, 0.25) is 5.91 Å². The van der Waals surface area contributed by atoms with Gasteiger partial charge in [-0.05, 0) is 48.1 Å². The smallest absolute Gasteiger partial charge is 0.217 e. The Bertz CT molecular complexity index is 966. The number of amides is 1. The Balaban J connectivity index is 1.72. The van der Waals surface area contributed by atoms with E-state index >= 15 is 0 Å². The standard InChI is InChI=1S/C21H22N4O2/c1-14(26)22-13-19-23-21(20(27)16-6-3-2-4-7-16)24-25(19)18-11-10-15-8-5-9-17(15)12-18/h2-4,6-7,10-12,20,27H,5,8-9,13H2,1H3,(H,22,26)/t20-/m1/s1. The first-order valence-electron chi connectivity index (χ1n) is 9.17. The van der Waals surface area contributed by atoms with Gasteiger partial charge >= 0.3 is 0 Å². The SMILES string of the molecule is CC(=O)NCc1nc([C@H](O)c2ccccc2)nn1-c1ccc2c(c1)CCC2. The molecule has 0 aliphatic heterocycles. The van der Waals surface area contributed by atoms with Gasteiger partial charge in [-0.2, -0.15) is 0 Å². The van der Waals surface area contributed by atoms with Crippen LogP contribution in [0.25, 0.3) is 5.69 Å². The van der Waals surface area contributed by atoms with E-state index in [-0.39, 0.29) is 12.5 Å². The Labute approximate surface area is 157 Å². The number of aliphatic hydroxyl groups excluding tert-OH is 1. The van der Waals surface area contributed by atoms with E-state index < -0.39 is 6.10 Å². The van der Waals surface area contributed by atoms with Crippen molar-refractivity contribution < 1.29 is 9.90 Å². The number of nitrogens with zero attached hydrogens (tertiary/aromatic N) is 3. The minimum atomic E-state index is -0.919. The fourth-order valence-corrected chi connectivity index (χ4v) is 3.48. The number of hydrogen-bond acceptors (Lipinski definition) is 4. The highest BCUT2D eigenvalue weighted by Crippen LogP contribution is 2.26. The monoisotopic (exact) mass is 362 g/mol. The minimum Gasteiger partial charge on any atom is -0.380 e. The molecule has 0 unspecified atom stereocenters. The molecule has 1 amide bonds. The number of carbonyl (C=O) groups excluding carboxylic acids is 1. The summed E-state index contributed by atoms with van der Waals surface area (Å²) in [6, 6.07) is 15.6. The third kappa shape index (κ3) is 3.61. The molecule has 0 spiro atoms. The lowest BCUT2D eigenvalue weighted by atomic mass is 10.1. The molecule has 6 nitrogen and oxygen atoms in total. The van der Waals surface area contributed by atoms with E-state index in [9.17, 15) is 9.90 Å². The Morgan fingerprint density at radius 2 is 1.96 bits per heavy atom. The molecular formula is C21H22N4O2. The third-order valence-corrected chi connectivity index (χ3v) is 4.87. The fraction of sp³-hybridized carbons (Fsp3) is 0.286. The van der Waals surface area contributed by atoms with Crippen molar-refractivity contribution in [3.63, 3.8) is 0 Å².